The second-order valence-corrected chi connectivity index (χ2v) is 7.33. The summed E-state index contributed by atoms with van der Waals surface area (Å²) in [7, 11) is 0. The summed E-state index contributed by atoms with van der Waals surface area (Å²) >= 11 is 1.64. The van der Waals surface area contributed by atoms with E-state index < -0.39 is 0 Å². The van der Waals surface area contributed by atoms with Crippen molar-refractivity contribution >= 4 is 32.3 Å². The van der Waals surface area contributed by atoms with Crippen molar-refractivity contribution in [3.8, 4) is 5.69 Å². The van der Waals surface area contributed by atoms with Gasteiger partial charge in [0.25, 0.3) is 11.1 Å². The molecule has 7 heteroatoms. The first-order valence-corrected chi connectivity index (χ1v) is 9.06. The Morgan fingerprint density at radius 1 is 1.08 bits per heavy atom. The summed E-state index contributed by atoms with van der Waals surface area (Å²) in [6.07, 6.45) is 5.88. The number of H-pyrrole nitrogens is 1. The highest BCUT2D eigenvalue weighted by Crippen LogP contribution is 2.37. The van der Waals surface area contributed by atoms with Crippen LogP contribution in [0, 0.1) is 0 Å². The van der Waals surface area contributed by atoms with Crippen LogP contribution in [-0.2, 0) is 12.8 Å². The zero-order valence-electron chi connectivity index (χ0n) is 13.3. The van der Waals surface area contributed by atoms with Crippen molar-refractivity contribution in [2.75, 3.05) is 0 Å². The van der Waals surface area contributed by atoms with Gasteiger partial charge in [-0.1, -0.05) is 12.1 Å². The van der Waals surface area contributed by atoms with Crippen LogP contribution in [-0.4, -0.2) is 20.0 Å². The molecule has 3 aromatic heterocycles. The predicted molar refractivity (Wildman–Crippen MR) is 97.8 cm³/mol. The molecule has 5 rings (SSSR count). The lowest BCUT2D eigenvalue weighted by molar-refractivity contribution is 0.699. The van der Waals surface area contributed by atoms with Gasteiger partial charge in [0.05, 0.1) is 22.7 Å². The first-order chi connectivity index (χ1) is 12.2. The molecule has 1 aliphatic carbocycles. The van der Waals surface area contributed by atoms with E-state index in [0.29, 0.717) is 16.5 Å². The zero-order valence-corrected chi connectivity index (χ0v) is 14.1. The van der Waals surface area contributed by atoms with Gasteiger partial charge in [0, 0.05) is 10.3 Å². The normalized spacial score (nSPS) is 14.1. The Kier molecular flexibility index (Phi) is 3.11. The van der Waals surface area contributed by atoms with E-state index in [0.717, 1.165) is 29.5 Å². The Morgan fingerprint density at radius 2 is 1.88 bits per heavy atom. The molecule has 0 spiro atoms. The predicted octanol–water partition coefficient (Wildman–Crippen LogP) is 2.56. The number of aromatic amines is 1. The van der Waals surface area contributed by atoms with Gasteiger partial charge in [-0.05, 0) is 43.4 Å². The second kappa shape index (κ2) is 5.35. The molecule has 3 heterocycles. The van der Waals surface area contributed by atoms with Crippen LogP contribution < -0.4 is 11.1 Å². The Balaban J connectivity index is 1.90. The molecule has 0 bridgehead atoms. The van der Waals surface area contributed by atoms with Gasteiger partial charge in [0.1, 0.15) is 4.83 Å². The summed E-state index contributed by atoms with van der Waals surface area (Å²) in [5.74, 6) is 0. The van der Waals surface area contributed by atoms with Crippen LogP contribution in [0.1, 0.15) is 23.3 Å². The molecule has 0 atom stereocenters. The van der Waals surface area contributed by atoms with Gasteiger partial charge in [-0.15, -0.1) is 16.4 Å². The Morgan fingerprint density at radius 3 is 2.76 bits per heavy atom. The van der Waals surface area contributed by atoms with Crippen LogP contribution in [0.4, 0.5) is 0 Å². The highest BCUT2D eigenvalue weighted by atomic mass is 32.1. The average Bonchev–Trinajstić information content (AvgIpc) is 3.03. The molecule has 0 aliphatic heterocycles. The molecule has 0 fully saturated rings. The fraction of sp³-hybridized carbons (Fsp3) is 0.222. The van der Waals surface area contributed by atoms with Crippen LogP contribution >= 0.6 is 11.3 Å². The summed E-state index contributed by atoms with van der Waals surface area (Å²) in [4.78, 5) is 27.5. The third-order valence-corrected chi connectivity index (χ3v) is 5.97. The number of hydrogen-bond donors (Lipinski definition) is 1. The van der Waals surface area contributed by atoms with Crippen LogP contribution in [0.25, 0.3) is 26.7 Å². The fourth-order valence-electron chi connectivity index (χ4n) is 3.63. The largest absolute Gasteiger partial charge is 0.277 e. The van der Waals surface area contributed by atoms with E-state index in [1.54, 1.807) is 41.8 Å². The average molecular weight is 350 g/mol. The highest BCUT2D eigenvalue weighted by molar-refractivity contribution is 7.18. The Hall–Kier alpha value is -2.80. The van der Waals surface area contributed by atoms with Crippen molar-refractivity contribution in [2.24, 2.45) is 0 Å². The molecule has 0 radical (unpaired) electrons. The number of aromatic nitrogens is 4. The summed E-state index contributed by atoms with van der Waals surface area (Å²) in [6.45, 7) is 0. The fourth-order valence-corrected chi connectivity index (χ4v) is 4.85. The van der Waals surface area contributed by atoms with Crippen molar-refractivity contribution in [1.82, 2.24) is 20.0 Å². The molecule has 0 saturated carbocycles. The van der Waals surface area contributed by atoms with Crippen LogP contribution in [0.2, 0.25) is 0 Å². The van der Waals surface area contributed by atoms with E-state index in [2.05, 4.69) is 15.3 Å². The molecule has 25 heavy (non-hydrogen) atoms. The molecule has 0 amide bonds. The molecule has 0 saturated heterocycles. The van der Waals surface area contributed by atoms with E-state index >= 15 is 0 Å². The number of benzene rings is 1. The molecule has 0 unspecified atom stereocenters. The minimum absolute atomic E-state index is 0.250. The lowest BCUT2D eigenvalue weighted by Crippen LogP contribution is -2.28. The lowest BCUT2D eigenvalue weighted by Gasteiger charge is -2.13. The number of thiophene rings is 1. The standard InChI is InChI=1S/C18H14N4O2S/c23-16-10-5-1-2-6-11(10)18(24)22(21-16)13-9-19-20-17-15(13)12-7-3-4-8-14(12)25-17/h1-2,5-6,9H,3-4,7-8H2,(H,21,23). The maximum Gasteiger partial charge on any atom is 0.277 e. The highest BCUT2D eigenvalue weighted by Gasteiger charge is 2.21. The van der Waals surface area contributed by atoms with Crippen molar-refractivity contribution in [1.29, 1.82) is 0 Å². The van der Waals surface area contributed by atoms with Crippen molar-refractivity contribution in [3.63, 3.8) is 0 Å². The third-order valence-electron chi connectivity index (χ3n) is 4.80. The van der Waals surface area contributed by atoms with E-state index in [1.165, 1.54) is 21.5 Å². The molecule has 124 valence electrons. The molecule has 1 N–H and O–H groups in total. The lowest BCUT2D eigenvalue weighted by atomic mass is 9.96. The number of nitrogens with one attached hydrogen (secondary N) is 1. The second-order valence-electron chi connectivity index (χ2n) is 6.25. The first kappa shape index (κ1) is 14.5. The molecule has 1 aromatic carbocycles. The Bertz CT molecular complexity index is 1250. The monoisotopic (exact) mass is 350 g/mol. The van der Waals surface area contributed by atoms with E-state index in [4.69, 9.17) is 0 Å². The van der Waals surface area contributed by atoms with Crippen molar-refractivity contribution in [3.05, 3.63) is 61.6 Å². The van der Waals surface area contributed by atoms with Crippen molar-refractivity contribution in [2.45, 2.75) is 25.7 Å². The van der Waals surface area contributed by atoms with Crippen LogP contribution in [0.3, 0.4) is 0 Å². The van der Waals surface area contributed by atoms with Crippen LogP contribution in [0.5, 0.6) is 0 Å². The van der Waals surface area contributed by atoms with Gasteiger partial charge in [-0.25, -0.2) is 4.68 Å². The van der Waals surface area contributed by atoms with Crippen molar-refractivity contribution < 1.29 is 0 Å². The SMILES string of the molecule is O=c1[nH]n(-c2cnnc3sc4c(c23)CCCC4)c(=O)c2ccccc12. The molecule has 4 aromatic rings. The molecule has 6 nitrogen and oxygen atoms in total. The summed E-state index contributed by atoms with van der Waals surface area (Å²) < 4.78 is 1.32. The van der Waals surface area contributed by atoms with Gasteiger partial charge in [-0.2, -0.15) is 5.10 Å². The number of nitrogens with zero attached hydrogens (tertiary/aromatic N) is 3. The molecular formula is C18H14N4O2S. The number of rotatable bonds is 1. The maximum absolute atomic E-state index is 13.0. The zero-order chi connectivity index (χ0) is 17.0. The van der Waals surface area contributed by atoms with E-state index in [-0.39, 0.29) is 11.1 Å². The third kappa shape index (κ3) is 2.09. The van der Waals surface area contributed by atoms with E-state index in [1.807, 2.05) is 0 Å². The molecule has 1 aliphatic rings. The summed E-state index contributed by atoms with van der Waals surface area (Å²) in [5, 5.41) is 12.8. The van der Waals surface area contributed by atoms with Gasteiger partial charge in [0.2, 0.25) is 0 Å². The number of aryl methyl sites for hydroxylation is 2. The van der Waals surface area contributed by atoms with E-state index in [9.17, 15) is 9.59 Å². The smallest absolute Gasteiger partial charge is 0.267 e. The Labute approximate surface area is 145 Å². The number of hydrogen-bond acceptors (Lipinski definition) is 5. The quantitative estimate of drug-likeness (QED) is 0.572. The van der Waals surface area contributed by atoms with Crippen LogP contribution in [0.15, 0.2) is 40.1 Å². The van der Waals surface area contributed by atoms with Gasteiger partial charge in [0.15, 0.2) is 0 Å². The van der Waals surface area contributed by atoms with Gasteiger partial charge in [-0.3, -0.25) is 14.7 Å². The summed E-state index contributed by atoms with van der Waals surface area (Å²) in [5.41, 5.74) is 1.32. The minimum atomic E-state index is -0.288. The first-order valence-electron chi connectivity index (χ1n) is 8.24. The molecular weight excluding hydrogens is 336 g/mol. The van der Waals surface area contributed by atoms with Gasteiger partial charge < -0.3 is 0 Å². The minimum Gasteiger partial charge on any atom is -0.267 e. The number of fused-ring (bicyclic) bond motifs is 4. The summed E-state index contributed by atoms with van der Waals surface area (Å²) in [6, 6.07) is 6.86. The maximum atomic E-state index is 13.0. The topological polar surface area (TPSA) is 80.6 Å². The van der Waals surface area contributed by atoms with Gasteiger partial charge >= 0.3 is 0 Å².